The highest BCUT2D eigenvalue weighted by molar-refractivity contribution is 6.00. The van der Waals surface area contributed by atoms with E-state index in [1.807, 2.05) is 13.8 Å². The highest BCUT2D eigenvalue weighted by Gasteiger charge is 2.46. The first-order valence-corrected chi connectivity index (χ1v) is 30.1. The molecular weight excluding hydrogens is 1110 g/mol. The number of rotatable bonds is 14. The zero-order valence-electron chi connectivity index (χ0n) is 53.6. The predicted molar refractivity (Wildman–Crippen MR) is 320 cm³/mol. The Morgan fingerprint density at radius 2 is 1.22 bits per heavy atom. The molecule has 10 amide bonds. The Labute approximate surface area is 507 Å². The van der Waals surface area contributed by atoms with Crippen molar-refractivity contribution in [3.63, 3.8) is 0 Å². The van der Waals surface area contributed by atoms with Crippen LogP contribution in [0.3, 0.4) is 0 Å². The number of methoxy groups -OCH3 is 1. The van der Waals surface area contributed by atoms with Crippen molar-refractivity contribution in [3.05, 3.63) is 54.0 Å². The molecule has 24 heteroatoms. The second kappa shape index (κ2) is 32.3. The quantitative estimate of drug-likeness (QED) is 0.198. The number of carbonyl (C=O) groups is 11. The third-order valence-corrected chi connectivity index (χ3v) is 16.9. The van der Waals surface area contributed by atoms with Crippen molar-refractivity contribution >= 4 is 65.0 Å². The molecular formula is C62H96N10O14. The van der Waals surface area contributed by atoms with E-state index < -0.39 is 162 Å². The number of likely N-dealkylation sites (N-methyl/N-ethyl adjacent to an activating group) is 5. The van der Waals surface area contributed by atoms with Crippen molar-refractivity contribution in [2.45, 2.75) is 182 Å². The number of furan rings is 1. The summed E-state index contributed by atoms with van der Waals surface area (Å²) in [6.07, 6.45) is 1.28. The summed E-state index contributed by atoms with van der Waals surface area (Å²) in [6.45, 7) is 18.2. The summed E-state index contributed by atoms with van der Waals surface area (Å²) in [5.74, 6) is -9.82. The van der Waals surface area contributed by atoms with Crippen molar-refractivity contribution in [2.24, 2.45) is 29.6 Å². The molecule has 0 spiro atoms. The zero-order chi connectivity index (χ0) is 64.6. The standard InChI is InChI=1S/C62H96N10O14/c1-18-38(9)52-54(75)64-34-48(74)68(13)50(36(5)6)55(76)65-44(31-41-25-27-42(84-17)28-26-41)62(83)86-40(11)57(78)72-29-21-20-24-45(72)58(79)69(14)51(37(7)8)56(77)66-49(35(3)4)60(81)67(12)46(32-47(73)63-33-43-23-22-30-85-43)59(80)71(16)53(39(10)19-2)61(82)70(52)15/h22-23,25-28,30,35-40,44-46,49-53H,18-21,24,29,31-34H2,1-17H3,(H,63,73)(H,64,75)(H,65,76)(H,66,77)/t38-,39-,40+,44-,45-,46-,49-,50-,51-,52-,53-/m0/s1. The van der Waals surface area contributed by atoms with E-state index in [1.54, 1.807) is 91.8 Å². The molecule has 478 valence electrons. The number of cyclic esters (lactones) is 1. The summed E-state index contributed by atoms with van der Waals surface area (Å²) in [6, 6.07) is -0.263. The molecule has 24 nitrogen and oxygen atoms in total. The van der Waals surface area contributed by atoms with Crippen LogP contribution >= 0.6 is 0 Å². The van der Waals surface area contributed by atoms with Gasteiger partial charge in [-0.2, -0.15) is 0 Å². The predicted octanol–water partition coefficient (Wildman–Crippen LogP) is 3.14. The summed E-state index contributed by atoms with van der Waals surface area (Å²) in [7, 11) is 8.47. The van der Waals surface area contributed by atoms with Gasteiger partial charge in [0.15, 0.2) is 6.10 Å². The first kappa shape index (κ1) is 71.0. The maximum absolute atomic E-state index is 15.3. The van der Waals surface area contributed by atoms with Crippen molar-refractivity contribution < 1.29 is 66.6 Å². The second-order valence-electron chi connectivity index (χ2n) is 24.1. The Balaban J connectivity index is 1.89. The molecule has 0 radical (unpaired) electrons. The van der Waals surface area contributed by atoms with E-state index >= 15 is 14.4 Å². The number of fused-ring (bicyclic) bond motifs is 1. The number of nitrogens with one attached hydrogen (secondary N) is 4. The Morgan fingerprint density at radius 1 is 0.651 bits per heavy atom. The van der Waals surface area contributed by atoms with Crippen LogP contribution in [0, 0.1) is 29.6 Å². The van der Waals surface area contributed by atoms with Gasteiger partial charge in [0.05, 0.1) is 32.9 Å². The zero-order valence-corrected chi connectivity index (χ0v) is 53.6. The van der Waals surface area contributed by atoms with E-state index in [-0.39, 0.29) is 25.9 Å². The van der Waals surface area contributed by atoms with Gasteiger partial charge in [0.2, 0.25) is 53.2 Å². The van der Waals surface area contributed by atoms with Crippen LogP contribution in [0.25, 0.3) is 0 Å². The largest absolute Gasteiger partial charge is 0.497 e. The number of hydrogen-bond donors (Lipinski definition) is 4. The number of nitrogens with zero attached hydrogens (tertiary/aromatic N) is 6. The SMILES string of the molecule is CC[C@H](C)[C@H]1C(=O)NCC(=O)N(C)[C@@H](C(C)C)C(=O)N[C@@H](Cc2ccc(OC)cc2)C(=O)O[C@H](C)C(=O)N2CCCC[C@H]2C(=O)N(C)[C@@H](C(C)C)C(=O)N[C@@H](C(C)C)C(=O)N(C)[C@@H](CC(=O)NCc2ccco2)C(=O)N(C)[C@@H]([C@@H](C)CC)C(=O)N1C. The number of piperidine rings is 1. The molecule has 1 aromatic carbocycles. The molecule has 3 heterocycles. The van der Waals surface area contributed by atoms with Gasteiger partial charge in [-0.05, 0) is 85.6 Å². The van der Waals surface area contributed by atoms with Gasteiger partial charge in [0, 0.05) is 48.2 Å². The average molecular weight is 1210 g/mol. The van der Waals surface area contributed by atoms with Crippen LogP contribution in [0.5, 0.6) is 5.75 Å². The normalized spacial score (nSPS) is 25.7. The molecule has 2 aliphatic rings. The lowest BCUT2D eigenvalue weighted by Crippen LogP contribution is -2.63. The molecule has 2 aliphatic heterocycles. The third kappa shape index (κ3) is 17.8. The molecule has 0 aliphatic carbocycles. The lowest BCUT2D eigenvalue weighted by atomic mass is 9.92. The van der Waals surface area contributed by atoms with Crippen LogP contribution in [0.15, 0.2) is 47.1 Å². The highest BCUT2D eigenvalue weighted by atomic mass is 16.5. The number of benzene rings is 1. The fourth-order valence-electron chi connectivity index (χ4n) is 11.3. The molecule has 1 aromatic heterocycles. The van der Waals surface area contributed by atoms with Gasteiger partial charge in [-0.1, -0.05) is 94.2 Å². The van der Waals surface area contributed by atoms with E-state index in [0.717, 1.165) is 9.80 Å². The minimum atomic E-state index is -1.57. The Morgan fingerprint density at radius 3 is 1.78 bits per heavy atom. The van der Waals surface area contributed by atoms with Gasteiger partial charge < -0.3 is 64.6 Å². The number of hydrogen-bond acceptors (Lipinski definition) is 14. The van der Waals surface area contributed by atoms with Gasteiger partial charge >= 0.3 is 5.97 Å². The molecule has 2 fully saturated rings. The minimum Gasteiger partial charge on any atom is -0.497 e. The van der Waals surface area contributed by atoms with Gasteiger partial charge in [-0.15, -0.1) is 0 Å². The van der Waals surface area contributed by atoms with Gasteiger partial charge in [-0.3, -0.25) is 47.9 Å². The maximum atomic E-state index is 15.3. The van der Waals surface area contributed by atoms with Crippen LogP contribution in [-0.4, -0.2) is 204 Å². The van der Waals surface area contributed by atoms with E-state index in [2.05, 4.69) is 21.3 Å². The van der Waals surface area contributed by atoms with E-state index in [9.17, 15) is 38.4 Å². The summed E-state index contributed by atoms with van der Waals surface area (Å²) in [5, 5.41) is 11.0. The molecule has 2 saturated heterocycles. The molecule has 2 aromatic rings. The van der Waals surface area contributed by atoms with Gasteiger partial charge in [0.1, 0.15) is 59.8 Å². The molecule has 0 saturated carbocycles. The number of ether oxygens (including phenoxy) is 2. The van der Waals surface area contributed by atoms with Crippen molar-refractivity contribution in [2.75, 3.05) is 55.4 Å². The lowest BCUT2D eigenvalue weighted by molar-refractivity contribution is -0.165. The molecule has 4 rings (SSSR count). The van der Waals surface area contributed by atoms with Crippen LogP contribution in [0.4, 0.5) is 0 Å². The summed E-state index contributed by atoms with van der Waals surface area (Å²) in [4.78, 5) is 168. The minimum absolute atomic E-state index is 0.0488. The molecule has 4 N–H and O–H groups in total. The maximum Gasteiger partial charge on any atom is 0.329 e. The van der Waals surface area contributed by atoms with E-state index in [4.69, 9.17) is 13.9 Å². The van der Waals surface area contributed by atoms with Crippen LogP contribution in [0.1, 0.15) is 126 Å². The van der Waals surface area contributed by atoms with E-state index in [1.165, 1.54) is 75.1 Å². The third-order valence-electron chi connectivity index (χ3n) is 16.9. The topological polar surface area (TPSA) is 287 Å². The van der Waals surface area contributed by atoms with E-state index in [0.29, 0.717) is 42.8 Å². The van der Waals surface area contributed by atoms with Crippen LogP contribution in [-0.2, 0) is 70.4 Å². The molecule has 0 unspecified atom stereocenters. The first-order valence-electron chi connectivity index (χ1n) is 30.1. The van der Waals surface area contributed by atoms with Crippen molar-refractivity contribution in [3.8, 4) is 5.75 Å². The summed E-state index contributed by atoms with van der Waals surface area (Å²) < 4.78 is 16.6. The average Bonchev–Trinajstić information content (AvgIpc) is 2.19. The molecule has 11 atom stereocenters. The molecule has 86 heavy (non-hydrogen) atoms. The van der Waals surface area contributed by atoms with Crippen molar-refractivity contribution in [1.82, 2.24) is 50.7 Å². The monoisotopic (exact) mass is 1200 g/mol. The van der Waals surface area contributed by atoms with Gasteiger partial charge in [0.25, 0.3) is 5.91 Å². The fraction of sp³-hybridized carbons (Fsp3) is 0.661. The molecule has 0 bridgehead atoms. The first-order chi connectivity index (χ1) is 40.4. The Kier molecular flexibility index (Phi) is 26.6. The lowest BCUT2D eigenvalue weighted by Gasteiger charge is -2.41. The van der Waals surface area contributed by atoms with Crippen LogP contribution < -0.4 is 26.0 Å². The van der Waals surface area contributed by atoms with Crippen molar-refractivity contribution in [1.29, 1.82) is 0 Å². The van der Waals surface area contributed by atoms with Crippen LogP contribution in [0.2, 0.25) is 0 Å². The Hall–Kier alpha value is -7.53. The second-order valence-corrected chi connectivity index (χ2v) is 24.1. The fourth-order valence-corrected chi connectivity index (χ4v) is 11.3. The van der Waals surface area contributed by atoms with Gasteiger partial charge in [-0.25, -0.2) is 4.79 Å². The smallest absolute Gasteiger partial charge is 0.329 e. The number of esters is 1. The highest BCUT2D eigenvalue weighted by Crippen LogP contribution is 2.27. The summed E-state index contributed by atoms with van der Waals surface area (Å²) >= 11 is 0. The Bertz CT molecular complexity index is 2680. The number of amides is 10. The number of carbonyl (C=O) groups excluding carboxylic acids is 11. The summed E-state index contributed by atoms with van der Waals surface area (Å²) in [5.41, 5.74) is 0.584.